The standard InChI is InChI=1S/C15H22ClN5O3/c1-9-7-20(14(23)24-15(2,3)4)5-6-21(9)12-10(8-22)11(16)18-13(17)19-12/h8-9H,5-7H2,1-4H3,(H2,17,18,19)/t9-/m1/s1. The van der Waals surface area contributed by atoms with Gasteiger partial charge in [0.2, 0.25) is 5.95 Å². The summed E-state index contributed by atoms with van der Waals surface area (Å²) in [5.41, 5.74) is 5.30. The van der Waals surface area contributed by atoms with Crippen LogP contribution in [-0.4, -0.2) is 58.5 Å². The first-order valence-corrected chi connectivity index (χ1v) is 8.03. The van der Waals surface area contributed by atoms with Crippen molar-refractivity contribution in [2.45, 2.75) is 39.3 Å². The lowest BCUT2D eigenvalue weighted by Crippen LogP contribution is -2.55. The Labute approximate surface area is 145 Å². The van der Waals surface area contributed by atoms with E-state index in [4.69, 9.17) is 22.1 Å². The van der Waals surface area contributed by atoms with Gasteiger partial charge >= 0.3 is 6.09 Å². The van der Waals surface area contributed by atoms with Crippen LogP contribution in [0.1, 0.15) is 38.1 Å². The molecule has 1 atom stereocenters. The van der Waals surface area contributed by atoms with Crippen LogP contribution in [0.2, 0.25) is 5.15 Å². The molecule has 9 heteroatoms. The molecule has 0 saturated carbocycles. The fraction of sp³-hybridized carbons (Fsp3) is 0.600. The Balaban J connectivity index is 2.18. The number of piperazine rings is 1. The fourth-order valence-electron chi connectivity index (χ4n) is 2.53. The Hall–Kier alpha value is -2.09. The number of amides is 1. The maximum Gasteiger partial charge on any atom is 0.410 e. The third kappa shape index (κ3) is 4.05. The predicted molar refractivity (Wildman–Crippen MR) is 91.5 cm³/mol. The summed E-state index contributed by atoms with van der Waals surface area (Å²) in [7, 11) is 0. The molecule has 1 saturated heterocycles. The molecule has 0 radical (unpaired) electrons. The maximum absolute atomic E-state index is 12.2. The van der Waals surface area contributed by atoms with Gasteiger partial charge in [-0.05, 0) is 27.7 Å². The van der Waals surface area contributed by atoms with Crippen LogP contribution in [0.15, 0.2) is 0 Å². The first kappa shape index (κ1) is 18.3. The normalized spacial score (nSPS) is 18.5. The summed E-state index contributed by atoms with van der Waals surface area (Å²) in [6.45, 7) is 8.77. The van der Waals surface area contributed by atoms with Gasteiger partial charge in [-0.15, -0.1) is 0 Å². The van der Waals surface area contributed by atoms with Crippen LogP contribution in [0.3, 0.4) is 0 Å². The van der Waals surface area contributed by atoms with Crippen LogP contribution in [-0.2, 0) is 4.74 Å². The van der Waals surface area contributed by atoms with Crippen molar-refractivity contribution >= 4 is 35.7 Å². The number of carbonyl (C=O) groups is 2. The topological polar surface area (TPSA) is 102 Å². The van der Waals surface area contributed by atoms with Gasteiger partial charge in [0.15, 0.2) is 6.29 Å². The highest BCUT2D eigenvalue weighted by Crippen LogP contribution is 2.27. The maximum atomic E-state index is 12.2. The second kappa shape index (κ2) is 6.80. The van der Waals surface area contributed by atoms with Crippen LogP contribution < -0.4 is 10.6 Å². The summed E-state index contributed by atoms with van der Waals surface area (Å²) in [6.07, 6.45) is 0.259. The van der Waals surface area contributed by atoms with E-state index in [1.54, 1.807) is 4.90 Å². The molecule has 0 aliphatic carbocycles. The third-order valence-electron chi connectivity index (χ3n) is 3.57. The molecule has 2 rings (SSSR count). The molecule has 0 spiro atoms. The summed E-state index contributed by atoms with van der Waals surface area (Å²) in [4.78, 5) is 35.0. The van der Waals surface area contributed by atoms with Gasteiger partial charge in [-0.1, -0.05) is 11.6 Å². The predicted octanol–water partition coefficient (Wildman–Crippen LogP) is 1.97. The molecule has 1 aromatic heterocycles. The zero-order valence-electron chi connectivity index (χ0n) is 14.2. The second-order valence-electron chi connectivity index (χ2n) is 6.70. The number of carbonyl (C=O) groups excluding carboxylic acids is 2. The van der Waals surface area contributed by atoms with Gasteiger partial charge in [0.1, 0.15) is 16.6 Å². The molecule has 1 aliphatic rings. The summed E-state index contributed by atoms with van der Waals surface area (Å²) in [5, 5.41) is 0.0225. The Morgan fingerprint density at radius 2 is 2.04 bits per heavy atom. The zero-order chi connectivity index (χ0) is 18.1. The molecule has 8 nitrogen and oxygen atoms in total. The highest BCUT2D eigenvalue weighted by atomic mass is 35.5. The monoisotopic (exact) mass is 355 g/mol. The molecule has 0 aromatic carbocycles. The molecule has 1 amide bonds. The highest BCUT2D eigenvalue weighted by Gasteiger charge is 2.32. The fourth-order valence-corrected chi connectivity index (χ4v) is 2.75. The van der Waals surface area contributed by atoms with Crippen molar-refractivity contribution in [1.29, 1.82) is 0 Å². The molecule has 24 heavy (non-hydrogen) atoms. The van der Waals surface area contributed by atoms with E-state index in [9.17, 15) is 9.59 Å². The second-order valence-corrected chi connectivity index (χ2v) is 7.05. The first-order valence-electron chi connectivity index (χ1n) is 7.65. The minimum Gasteiger partial charge on any atom is -0.444 e. The van der Waals surface area contributed by atoms with Crippen LogP contribution in [0.4, 0.5) is 16.6 Å². The SMILES string of the molecule is C[C@@H]1CN(C(=O)OC(C)(C)C)CCN1c1nc(N)nc(Cl)c1C=O. The smallest absolute Gasteiger partial charge is 0.410 e. The van der Waals surface area contributed by atoms with Crippen LogP contribution in [0.5, 0.6) is 0 Å². The van der Waals surface area contributed by atoms with Crippen LogP contribution in [0.25, 0.3) is 0 Å². The zero-order valence-corrected chi connectivity index (χ0v) is 15.0. The number of hydrogen-bond donors (Lipinski definition) is 1. The van der Waals surface area contributed by atoms with E-state index < -0.39 is 5.60 Å². The van der Waals surface area contributed by atoms with Gasteiger partial charge in [-0.25, -0.2) is 9.78 Å². The summed E-state index contributed by atoms with van der Waals surface area (Å²) < 4.78 is 5.40. The molecular formula is C15H22ClN5O3. The number of rotatable bonds is 2. The van der Waals surface area contributed by atoms with Crippen molar-refractivity contribution in [1.82, 2.24) is 14.9 Å². The molecule has 132 valence electrons. The van der Waals surface area contributed by atoms with E-state index in [2.05, 4.69) is 9.97 Å². The number of anilines is 2. The van der Waals surface area contributed by atoms with Gasteiger partial charge in [-0.3, -0.25) is 4.79 Å². The van der Waals surface area contributed by atoms with Crippen molar-refractivity contribution < 1.29 is 14.3 Å². The van der Waals surface area contributed by atoms with Crippen LogP contribution in [0, 0.1) is 0 Å². The van der Waals surface area contributed by atoms with E-state index in [0.29, 0.717) is 31.7 Å². The number of nitrogens with two attached hydrogens (primary N) is 1. The largest absolute Gasteiger partial charge is 0.444 e. The number of halogens is 1. The molecule has 1 fully saturated rings. The van der Waals surface area contributed by atoms with E-state index in [-0.39, 0.29) is 28.8 Å². The Morgan fingerprint density at radius 1 is 1.38 bits per heavy atom. The summed E-state index contributed by atoms with van der Waals surface area (Å²) >= 11 is 5.98. The van der Waals surface area contributed by atoms with E-state index in [1.165, 1.54) is 0 Å². The van der Waals surface area contributed by atoms with Gasteiger partial charge in [0, 0.05) is 25.7 Å². The number of ether oxygens (including phenoxy) is 1. The van der Waals surface area contributed by atoms with E-state index in [0.717, 1.165) is 0 Å². The Bertz CT molecular complexity index is 647. The number of nitrogen functional groups attached to an aromatic ring is 1. The molecule has 0 bridgehead atoms. The molecule has 2 N–H and O–H groups in total. The van der Waals surface area contributed by atoms with Crippen LogP contribution >= 0.6 is 11.6 Å². The Morgan fingerprint density at radius 3 is 2.58 bits per heavy atom. The quantitative estimate of drug-likeness (QED) is 0.639. The Kier molecular flexibility index (Phi) is 5.17. The van der Waals surface area contributed by atoms with Crippen molar-refractivity contribution in [3.63, 3.8) is 0 Å². The van der Waals surface area contributed by atoms with Gasteiger partial charge < -0.3 is 20.3 Å². The number of hydrogen-bond acceptors (Lipinski definition) is 7. The van der Waals surface area contributed by atoms with Crippen molar-refractivity contribution in [3.8, 4) is 0 Å². The lowest BCUT2D eigenvalue weighted by Gasteiger charge is -2.41. The van der Waals surface area contributed by atoms with E-state index >= 15 is 0 Å². The molecule has 0 unspecified atom stereocenters. The number of aldehydes is 1. The minimum absolute atomic E-state index is 0.00220. The highest BCUT2D eigenvalue weighted by molar-refractivity contribution is 6.32. The van der Waals surface area contributed by atoms with E-state index in [1.807, 2.05) is 32.6 Å². The molecule has 2 heterocycles. The number of nitrogens with zero attached hydrogens (tertiary/aromatic N) is 4. The van der Waals surface area contributed by atoms with Gasteiger partial charge in [0.25, 0.3) is 0 Å². The third-order valence-corrected chi connectivity index (χ3v) is 3.85. The lowest BCUT2D eigenvalue weighted by molar-refractivity contribution is 0.0218. The lowest BCUT2D eigenvalue weighted by atomic mass is 10.1. The average molecular weight is 356 g/mol. The van der Waals surface area contributed by atoms with Crippen molar-refractivity contribution in [3.05, 3.63) is 10.7 Å². The van der Waals surface area contributed by atoms with Gasteiger partial charge in [-0.2, -0.15) is 4.98 Å². The van der Waals surface area contributed by atoms with Crippen molar-refractivity contribution in [2.24, 2.45) is 0 Å². The van der Waals surface area contributed by atoms with Crippen molar-refractivity contribution in [2.75, 3.05) is 30.3 Å². The molecule has 1 aliphatic heterocycles. The molecular weight excluding hydrogens is 334 g/mol. The molecule has 1 aromatic rings. The minimum atomic E-state index is -0.545. The number of aromatic nitrogens is 2. The van der Waals surface area contributed by atoms with Gasteiger partial charge in [0.05, 0.1) is 5.56 Å². The average Bonchev–Trinajstić information content (AvgIpc) is 2.44. The first-order chi connectivity index (χ1) is 11.1. The summed E-state index contributed by atoms with van der Waals surface area (Å²) in [5.74, 6) is 0.390. The summed E-state index contributed by atoms with van der Waals surface area (Å²) in [6, 6.07) is -0.0877.